The van der Waals surface area contributed by atoms with Crippen LogP contribution in [0.2, 0.25) is 0 Å². The third kappa shape index (κ3) is 8.84. The average molecular weight is 936 g/mol. The summed E-state index contributed by atoms with van der Waals surface area (Å²) in [5.74, 6) is 0. The second-order valence-electron chi connectivity index (χ2n) is 17.6. The molecule has 9 aromatic carbocycles. The van der Waals surface area contributed by atoms with Gasteiger partial charge in [-0.3, -0.25) is 20.5 Å². The Hall–Kier alpha value is -9.22. The van der Waals surface area contributed by atoms with Crippen molar-refractivity contribution in [1.82, 2.24) is 19.1 Å². The van der Waals surface area contributed by atoms with Crippen molar-refractivity contribution in [3.05, 3.63) is 313 Å². The fourth-order valence-corrected chi connectivity index (χ4v) is 9.87. The largest absolute Gasteiger partial charge is 0.538 e. The highest BCUT2D eigenvalue weighted by molar-refractivity contribution is 6.61. The molecule has 11 rings (SSSR count). The standard InChI is InChI=1S/C62H50BN7O2/c64-56-37-21-36-55(42-56)63(71-67-57-38-19-22-47(40-57)59-43-69(45-65-59)61(49-24-7-1-8-25-49,50-26-9-2-10-27-50)51-28-11-3-12-29-51)72-68-58-39-20-23-48(41-58)60-44-70(46-66-60)62(52-30-13-4-14-31-52,53-32-15-5-16-33-53)54-34-17-6-18-35-54/h1-46,67-68H,64H2. The van der Waals surface area contributed by atoms with Gasteiger partial charge in [0.25, 0.3) is 0 Å². The third-order valence-electron chi connectivity index (χ3n) is 13.2. The fraction of sp³-hybridized carbons (Fsp3) is 0.0323. The van der Waals surface area contributed by atoms with E-state index in [9.17, 15) is 0 Å². The molecule has 2 aromatic heterocycles. The summed E-state index contributed by atoms with van der Waals surface area (Å²) in [4.78, 5) is 10.0. The molecule has 0 aliphatic heterocycles. The van der Waals surface area contributed by atoms with Crippen LogP contribution in [0.5, 0.6) is 0 Å². The molecule has 0 saturated heterocycles. The number of nitrogens with two attached hydrogens (primary N) is 1. The van der Waals surface area contributed by atoms with Crippen LogP contribution in [0.25, 0.3) is 22.5 Å². The number of benzene rings is 9. The number of anilines is 3. The molecule has 9 nitrogen and oxygen atoms in total. The number of nitrogens with zero attached hydrogens (tertiary/aromatic N) is 4. The highest BCUT2D eigenvalue weighted by atomic mass is 16.7. The smallest absolute Gasteiger partial charge is 0.399 e. The van der Waals surface area contributed by atoms with E-state index in [4.69, 9.17) is 25.2 Å². The van der Waals surface area contributed by atoms with E-state index in [1.165, 1.54) is 0 Å². The normalized spacial score (nSPS) is 11.5. The van der Waals surface area contributed by atoms with Gasteiger partial charge in [-0.1, -0.05) is 218 Å². The molecule has 0 amide bonds. The van der Waals surface area contributed by atoms with Crippen LogP contribution in [0.3, 0.4) is 0 Å². The Labute approximate surface area is 419 Å². The van der Waals surface area contributed by atoms with Crippen LogP contribution in [-0.4, -0.2) is 26.2 Å². The molecule has 0 aliphatic rings. The molecule has 0 radical (unpaired) electrons. The van der Waals surface area contributed by atoms with E-state index in [1.807, 2.05) is 122 Å². The van der Waals surface area contributed by atoms with Gasteiger partial charge in [-0.15, -0.1) is 0 Å². The monoisotopic (exact) mass is 935 g/mol. The predicted molar refractivity (Wildman–Crippen MR) is 290 cm³/mol. The molecular weight excluding hydrogens is 886 g/mol. The Morgan fingerprint density at radius 3 is 1.04 bits per heavy atom. The number of nitrogens with one attached hydrogen (secondary N) is 2. The SMILES string of the molecule is Nc1cccc(B(ONc2cccc(-c3cn(C(c4ccccc4)(c4ccccc4)c4ccccc4)cn3)c2)ONc2cccc(-c3cn(C(c4ccccc4)(c4ccccc4)c4ccccc4)cn3)c2)c1. The number of imidazole rings is 2. The summed E-state index contributed by atoms with van der Waals surface area (Å²) in [5, 5.41) is 0. The topological polar surface area (TPSA) is 104 Å². The molecule has 0 saturated carbocycles. The number of aromatic nitrogens is 4. The summed E-state index contributed by atoms with van der Waals surface area (Å²) in [6, 6.07) is 86.8. The van der Waals surface area contributed by atoms with Gasteiger partial charge >= 0.3 is 7.12 Å². The van der Waals surface area contributed by atoms with Crippen molar-refractivity contribution >= 4 is 29.6 Å². The van der Waals surface area contributed by atoms with Crippen molar-refractivity contribution in [3.63, 3.8) is 0 Å². The number of nitrogen functional groups attached to an aromatic ring is 1. The first-order chi connectivity index (χ1) is 35.6. The fourth-order valence-electron chi connectivity index (χ4n) is 9.87. The molecule has 72 heavy (non-hydrogen) atoms. The van der Waals surface area contributed by atoms with Crippen LogP contribution < -0.4 is 22.2 Å². The van der Waals surface area contributed by atoms with Crippen LogP contribution in [-0.2, 0) is 20.6 Å². The summed E-state index contributed by atoms with van der Waals surface area (Å²) in [7, 11) is -0.925. The second-order valence-corrected chi connectivity index (χ2v) is 17.6. The lowest BCUT2D eigenvalue weighted by molar-refractivity contribution is 0.284. The summed E-state index contributed by atoms with van der Waals surface area (Å²) in [6.07, 6.45) is 8.06. The summed E-state index contributed by atoms with van der Waals surface area (Å²) < 4.78 is 17.2. The van der Waals surface area contributed by atoms with Crippen molar-refractivity contribution in [3.8, 4) is 22.5 Å². The molecular formula is C62H50BN7O2. The molecule has 2 heterocycles. The lowest BCUT2D eigenvalue weighted by atomic mass is 9.77. The molecule has 0 aliphatic carbocycles. The maximum atomic E-state index is 6.37. The predicted octanol–water partition coefficient (Wildman–Crippen LogP) is 12.5. The first kappa shape index (κ1) is 45.2. The molecule has 11 aromatic rings. The molecule has 0 bridgehead atoms. The Bertz CT molecular complexity index is 3100. The van der Waals surface area contributed by atoms with Crippen LogP contribution in [0, 0.1) is 0 Å². The van der Waals surface area contributed by atoms with E-state index in [-0.39, 0.29) is 0 Å². The highest BCUT2D eigenvalue weighted by Gasteiger charge is 2.40. The average Bonchev–Trinajstić information content (AvgIpc) is 4.16. The minimum Gasteiger partial charge on any atom is -0.399 e. The zero-order chi connectivity index (χ0) is 48.6. The molecule has 4 N–H and O–H groups in total. The zero-order valence-electron chi connectivity index (χ0n) is 39.3. The molecule has 348 valence electrons. The van der Waals surface area contributed by atoms with Crippen molar-refractivity contribution < 1.29 is 9.51 Å². The number of rotatable bonds is 17. The van der Waals surface area contributed by atoms with Crippen LogP contribution in [0.1, 0.15) is 33.4 Å². The minimum absolute atomic E-state index is 0.579. The van der Waals surface area contributed by atoms with Gasteiger partial charge in [-0.2, -0.15) is 0 Å². The summed E-state index contributed by atoms with van der Waals surface area (Å²) in [6.45, 7) is 0. The van der Waals surface area contributed by atoms with Crippen molar-refractivity contribution in [2.24, 2.45) is 0 Å². The molecule has 10 heteroatoms. The summed E-state index contributed by atoms with van der Waals surface area (Å²) in [5.41, 5.74) is 24.0. The lowest BCUT2D eigenvalue weighted by Crippen LogP contribution is -2.40. The van der Waals surface area contributed by atoms with Gasteiger partial charge < -0.3 is 14.9 Å². The minimum atomic E-state index is -0.925. The molecule has 0 unspecified atom stereocenters. The van der Waals surface area contributed by atoms with Crippen LogP contribution in [0.15, 0.2) is 280 Å². The van der Waals surface area contributed by atoms with Gasteiger partial charge in [0.2, 0.25) is 0 Å². The van der Waals surface area contributed by atoms with E-state index in [2.05, 4.69) is 178 Å². The summed E-state index contributed by atoms with van der Waals surface area (Å²) >= 11 is 0. The quantitative estimate of drug-likeness (QED) is 0.0361. The van der Waals surface area contributed by atoms with Crippen LogP contribution in [0.4, 0.5) is 17.1 Å². The Balaban J connectivity index is 0.859. The number of hydrogen-bond donors (Lipinski definition) is 3. The van der Waals surface area contributed by atoms with E-state index >= 15 is 0 Å². The highest BCUT2D eigenvalue weighted by Crippen LogP contribution is 2.43. The van der Waals surface area contributed by atoms with Gasteiger partial charge in [-0.05, 0) is 75.2 Å². The van der Waals surface area contributed by atoms with Gasteiger partial charge in [0.1, 0.15) is 11.1 Å². The Kier molecular flexibility index (Phi) is 12.8. The maximum absolute atomic E-state index is 6.37. The van der Waals surface area contributed by atoms with Gasteiger partial charge in [0.05, 0.1) is 35.4 Å². The van der Waals surface area contributed by atoms with Crippen molar-refractivity contribution in [2.45, 2.75) is 11.1 Å². The zero-order valence-corrected chi connectivity index (χ0v) is 39.3. The Morgan fingerprint density at radius 1 is 0.375 bits per heavy atom. The molecule has 0 spiro atoms. The lowest BCUT2D eigenvalue weighted by Gasteiger charge is -2.37. The van der Waals surface area contributed by atoms with E-state index in [1.54, 1.807) is 0 Å². The van der Waals surface area contributed by atoms with Crippen molar-refractivity contribution in [2.75, 3.05) is 16.7 Å². The molecule has 0 fully saturated rings. The van der Waals surface area contributed by atoms with Gasteiger partial charge in [0, 0.05) is 29.2 Å². The van der Waals surface area contributed by atoms with Crippen molar-refractivity contribution in [1.29, 1.82) is 0 Å². The number of hydrogen-bond acceptors (Lipinski definition) is 7. The second kappa shape index (κ2) is 20.4. The Morgan fingerprint density at radius 2 is 0.708 bits per heavy atom. The van der Waals surface area contributed by atoms with E-state index < -0.39 is 18.2 Å². The van der Waals surface area contributed by atoms with E-state index in [0.29, 0.717) is 22.5 Å². The van der Waals surface area contributed by atoms with E-state index in [0.717, 1.165) is 55.9 Å². The van der Waals surface area contributed by atoms with Gasteiger partial charge in [-0.25, -0.2) is 9.97 Å². The maximum Gasteiger partial charge on any atom is 0.538 e. The third-order valence-corrected chi connectivity index (χ3v) is 13.2. The first-order valence-electron chi connectivity index (χ1n) is 23.9. The van der Waals surface area contributed by atoms with Gasteiger partial charge in [0.15, 0.2) is 0 Å². The van der Waals surface area contributed by atoms with Crippen LogP contribution >= 0.6 is 0 Å². The first-order valence-corrected chi connectivity index (χ1v) is 23.9. The molecule has 0 atom stereocenters.